The van der Waals surface area contributed by atoms with Crippen LogP contribution in [0.4, 0.5) is 0 Å². The molecule has 0 amide bonds. The molecule has 1 aliphatic rings. The quantitative estimate of drug-likeness (QED) is 0.435. The van der Waals surface area contributed by atoms with E-state index >= 15 is 0 Å². The van der Waals surface area contributed by atoms with Gasteiger partial charge in [0.25, 0.3) is 0 Å². The Morgan fingerprint density at radius 1 is 1.30 bits per heavy atom. The number of allylic oxidation sites excluding steroid dienone is 4. The molecule has 53 valence electrons. The Morgan fingerprint density at radius 2 is 1.70 bits per heavy atom. The van der Waals surface area contributed by atoms with Gasteiger partial charge in [-0.05, 0) is 0 Å². The summed E-state index contributed by atoms with van der Waals surface area (Å²) in [5.74, 6) is -0.0694. The van der Waals surface area contributed by atoms with Gasteiger partial charge < -0.3 is 11.4 Å². The molecule has 1 rings (SSSR count). The standard InChI is InChI=1S/C6H5O.C2H3.Mn/c7-5-6-3-1-2-4-6;1-2;/h1-4,6H;1H,2H2;/q2*-1;+2. The molecular formula is C8H8MnO. The van der Waals surface area contributed by atoms with E-state index in [1.807, 2.05) is 18.4 Å². The maximum absolute atomic E-state index is 9.78. The number of rotatable bonds is 1. The first-order chi connectivity index (χ1) is 4.43. The normalized spacial score (nSPS) is 13.2. The van der Waals surface area contributed by atoms with Gasteiger partial charge in [-0.1, -0.05) is 12.2 Å². The molecule has 0 bridgehead atoms. The average molecular weight is 175 g/mol. The SMILES string of the molecule is O=[C-]C1C=CC=C1.[CH-]=C.[Mn+2]. The van der Waals surface area contributed by atoms with E-state index < -0.39 is 0 Å². The summed E-state index contributed by atoms with van der Waals surface area (Å²) in [7, 11) is 0. The van der Waals surface area contributed by atoms with Crippen LogP contribution >= 0.6 is 0 Å². The maximum atomic E-state index is 9.78. The molecule has 0 N–H and O–H groups in total. The molecule has 2 heteroatoms. The summed E-state index contributed by atoms with van der Waals surface area (Å²) in [5, 5.41) is 0. The van der Waals surface area contributed by atoms with Crippen molar-refractivity contribution in [2.75, 3.05) is 0 Å². The van der Waals surface area contributed by atoms with E-state index in [1.54, 1.807) is 12.2 Å². The minimum Gasteiger partial charge on any atom is -0.541 e. The molecule has 0 aliphatic heterocycles. The largest absolute Gasteiger partial charge is 2.00 e. The van der Waals surface area contributed by atoms with Crippen molar-refractivity contribution in [3.63, 3.8) is 0 Å². The summed E-state index contributed by atoms with van der Waals surface area (Å²) in [6.07, 6.45) is 9.12. The smallest absolute Gasteiger partial charge is 0.541 e. The van der Waals surface area contributed by atoms with E-state index in [2.05, 4.69) is 13.2 Å². The maximum Gasteiger partial charge on any atom is 2.00 e. The fraction of sp³-hybridized carbons (Fsp3) is 0.125. The molecule has 1 aliphatic carbocycles. The van der Waals surface area contributed by atoms with E-state index in [9.17, 15) is 4.79 Å². The molecule has 1 radical (unpaired) electrons. The first-order valence-electron chi connectivity index (χ1n) is 2.57. The zero-order valence-corrected chi connectivity index (χ0v) is 6.64. The van der Waals surface area contributed by atoms with E-state index in [0.29, 0.717) is 0 Å². The molecule has 0 spiro atoms. The zero-order valence-electron chi connectivity index (χ0n) is 5.46. The van der Waals surface area contributed by atoms with Gasteiger partial charge in [0.1, 0.15) is 0 Å². The molecule has 0 unspecified atom stereocenters. The van der Waals surface area contributed by atoms with Crippen LogP contribution in [0.1, 0.15) is 0 Å². The average Bonchev–Trinajstić information content (AvgIpc) is 2.43. The third-order valence-corrected chi connectivity index (χ3v) is 0.884. The van der Waals surface area contributed by atoms with Gasteiger partial charge in [0.05, 0.1) is 0 Å². The van der Waals surface area contributed by atoms with E-state index in [1.165, 1.54) is 0 Å². The van der Waals surface area contributed by atoms with Gasteiger partial charge in [0, 0.05) is 0 Å². The molecule has 0 aromatic rings. The van der Waals surface area contributed by atoms with Gasteiger partial charge in [0.2, 0.25) is 0 Å². The molecule has 0 heterocycles. The molecule has 1 nitrogen and oxygen atoms in total. The van der Waals surface area contributed by atoms with Gasteiger partial charge in [-0.15, -0.1) is 18.1 Å². The van der Waals surface area contributed by atoms with Crippen LogP contribution in [0.2, 0.25) is 0 Å². The number of hydrogen-bond donors (Lipinski definition) is 0. The third kappa shape index (κ3) is 4.30. The van der Waals surface area contributed by atoms with Crippen LogP contribution < -0.4 is 0 Å². The predicted molar refractivity (Wildman–Crippen MR) is 37.4 cm³/mol. The Bertz CT molecular complexity index is 126. The van der Waals surface area contributed by atoms with Crippen LogP contribution in [0.15, 0.2) is 30.9 Å². The van der Waals surface area contributed by atoms with Crippen molar-refractivity contribution < 1.29 is 21.9 Å². The minimum atomic E-state index is -0.0694. The Kier molecular flexibility index (Phi) is 10.2. The van der Waals surface area contributed by atoms with Crippen molar-refractivity contribution in [3.05, 3.63) is 37.5 Å². The van der Waals surface area contributed by atoms with Crippen molar-refractivity contribution in [2.24, 2.45) is 5.92 Å². The molecular weight excluding hydrogens is 167 g/mol. The third-order valence-electron chi connectivity index (χ3n) is 0.884. The zero-order chi connectivity index (χ0) is 7.11. The second-order valence-corrected chi connectivity index (χ2v) is 1.41. The fourth-order valence-electron chi connectivity index (χ4n) is 0.510. The monoisotopic (exact) mass is 175 g/mol. The number of hydrogen-bond acceptors (Lipinski definition) is 1. The molecule has 10 heavy (non-hydrogen) atoms. The van der Waals surface area contributed by atoms with Crippen LogP contribution in [-0.2, 0) is 21.9 Å². The Labute approximate surface area is 72.0 Å². The predicted octanol–water partition coefficient (Wildman–Crippen LogP) is 1.44. The Morgan fingerprint density at radius 3 is 1.90 bits per heavy atom. The van der Waals surface area contributed by atoms with E-state index in [-0.39, 0.29) is 23.0 Å². The Balaban J connectivity index is 0. The molecule has 0 aromatic heterocycles. The molecule has 0 saturated carbocycles. The van der Waals surface area contributed by atoms with Gasteiger partial charge in [-0.25, -0.2) is 0 Å². The van der Waals surface area contributed by atoms with Gasteiger partial charge in [-0.3, -0.25) is 12.9 Å². The molecule has 0 fully saturated rings. The minimum absolute atomic E-state index is 0. The summed E-state index contributed by atoms with van der Waals surface area (Å²) >= 11 is 0. The van der Waals surface area contributed by atoms with Crippen molar-refractivity contribution in [3.8, 4) is 0 Å². The molecule has 0 saturated heterocycles. The van der Waals surface area contributed by atoms with Gasteiger partial charge in [0.15, 0.2) is 0 Å². The van der Waals surface area contributed by atoms with Crippen LogP contribution in [0, 0.1) is 12.5 Å². The van der Waals surface area contributed by atoms with Crippen molar-refractivity contribution in [1.82, 2.24) is 0 Å². The fourth-order valence-corrected chi connectivity index (χ4v) is 0.510. The topological polar surface area (TPSA) is 17.1 Å². The van der Waals surface area contributed by atoms with Gasteiger partial charge >= 0.3 is 17.1 Å². The summed E-state index contributed by atoms with van der Waals surface area (Å²) in [6, 6.07) is 0. The first kappa shape index (κ1) is 12.1. The summed E-state index contributed by atoms with van der Waals surface area (Å²) in [6.45, 7) is 7.00. The summed E-state index contributed by atoms with van der Waals surface area (Å²) in [4.78, 5) is 9.78. The van der Waals surface area contributed by atoms with Crippen molar-refractivity contribution in [2.45, 2.75) is 0 Å². The summed E-state index contributed by atoms with van der Waals surface area (Å²) in [5.41, 5.74) is 0. The second kappa shape index (κ2) is 8.41. The Hall–Kier alpha value is -0.591. The van der Waals surface area contributed by atoms with Crippen LogP contribution in [0.3, 0.4) is 0 Å². The van der Waals surface area contributed by atoms with Crippen LogP contribution in [0.25, 0.3) is 0 Å². The molecule has 0 atom stereocenters. The van der Waals surface area contributed by atoms with Crippen LogP contribution in [-0.4, -0.2) is 6.29 Å². The van der Waals surface area contributed by atoms with E-state index in [0.717, 1.165) is 0 Å². The van der Waals surface area contributed by atoms with Crippen molar-refractivity contribution in [1.29, 1.82) is 0 Å². The molecule has 0 aromatic carbocycles. The van der Waals surface area contributed by atoms with Gasteiger partial charge in [-0.2, -0.15) is 0 Å². The second-order valence-electron chi connectivity index (χ2n) is 1.41. The van der Waals surface area contributed by atoms with Crippen LogP contribution in [0.5, 0.6) is 0 Å². The number of carbonyl (C=O) groups excluding carboxylic acids is 1. The summed E-state index contributed by atoms with van der Waals surface area (Å²) < 4.78 is 0. The first-order valence-corrected chi connectivity index (χ1v) is 2.57. The van der Waals surface area contributed by atoms with Crippen molar-refractivity contribution >= 4 is 6.29 Å². The van der Waals surface area contributed by atoms with E-state index in [4.69, 9.17) is 0 Å².